The van der Waals surface area contributed by atoms with Crippen molar-refractivity contribution in [3.05, 3.63) is 52.0 Å². The lowest BCUT2D eigenvalue weighted by molar-refractivity contribution is 0.0332. The van der Waals surface area contributed by atoms with Gasteiger partial charge in [0.25, 0.3) is 0 Å². The molecule has 0 saturated carbocycles. The summed E-state index contributed by atoms with van der Waals surface area (Å²) in [6.45, 7) is 2.11. The number of benzene rings is 1. The van der Waals surface area contributed by atoms with Gasteiger partial charge in [-0.2, -0.15) is 0 Å². The third kappa shape index (κ3) is 3.61. The van der Waals surface area contributed by atoms with Crippen LogP contribution < -0.4 is 4.90 Å². The van der Waals surface area contributed by atoms with Crippen molar-refractivity contribution in [2.75, 3.05) is 24.6 Å². The third-order valence-electron chi connectivity index (χ3n) is 3.60. The highest BCUT2D eigenvalue weighted by atomic mass is 32.1. The van der Waals surface area contributed by atoms with Crippen molar-refractivity contribution < 1.29 is 14.2 Å². The number of ether oxygens (including phenoxy) is 1. The number of thiophene rings is 1. The van der Waals surface area contributed by atoms with Gasteiger partial charge in [0.05, 0.1) is 19.3 Å². The SMILES string of the molecule is OC(COCc1cccs1)CN1CCc2ccc(F)cc21. The minimum atomic E-state index is -0.570. The van der Waals surface area contributed by atoms with Crippen LogP contribution in [0.5, 0.6) is 0 Å². The molecule has 5 heteroatoms. The molecular formula is C16H18FNO2S. The molecule has 1 aliphatic heterocycles. The smallest absolute Gasteiger partial charge is 0.125 e. The highest BCUT2D eigenvalue weighted by molar-refractivity contribution is 7.09. The van der Waals surface area contributed by atoms with Gasteiger partial charge in [-0.15, -0.1) is 11.3 Å². The topological polar surface area (TPSA) is 32.7 Å². The van der Waals surface area contributed by atoms with E-state index in [-0.39, 0.29) is 5.82 Å². The van der Waals surface area contributed by atoms with Crippen LogP contribution in [0.2, 0.25) is 0 Å². The van der Waals surface area contributed by atoms with Gasteiger partial charge >= 0.3 is 0 Å². The van der Waals surface area contributed by atoms with Gasteiger partial charge in [-0.25, -0.2) is 4.39 Å². The van der Waals surface area contributed by atoms with Gasteiger partial charge in [0, 0.05) is 23.7 Å². The molecule has 2 aromatic rings. The summed E-state index contributed by atoms with van der Waals surface area (Å²) >= 11 is 1.64. The van der Waals surface area contributed by atoms with Crippen molar-refractivity contribution in [1.82, 2.24) is 0 Å². The summed E-state index contributed by atoms with van der Waals surface area (Å²) < 4.78 is 18.8. The number of rotatable bonds is 6. The van der Waals surface area contributed by atoms with Crippen molar-refractivity contribution in [1.29, 1.82) is 0 Å². The van der Waals surface area contributed by atoms with Gasteiger partial charge < -0.3 is 14.7 Å². The summed E-state index contributed by atoms with van der Waals surface area (Å²) in [4.78, 5) is 3.17. The Kier molecular flexibility index (Phi) is 4.53. The average Bonchev–Trinajstić information content (AvgIpc) is 3.09. The molecule has 3 rings (SSSR count). The predicted octanol–water partition coefficient (Wildman–Crippen LogP) is 2.83. The monoisotopic (exact) mass is 307 g/mol. The van der Waals surface area contributed by atoms with E-state index in [9.17, 15) is 9.50 Å². The van der Waals surface area contributed by atoms with Crippen molar-refractivity contribution in [2.24, 2.45) is 0 Å². The molecular weight excluding hydrogens is 289 g/mol. The molecule has 1 aromatic heterocycles. The molecule has 1 N–H and O–H groups in total. The zero-order chi connectivity index (χ0) is 14.7. The van der Waals surface area contributed by atoms with Crippen molar-refractivity contribution >= 4 is 17.0 Å². The van der Waals surface area contributed by atoms with E-state index in [0.29, 0.717) is 19.8 Å². The number of halogens is 1. The molecule has 0 fully saturated rings. The van der Waals surface area contributed by atoms with E-state index in [1.54, 1.807) is 17.4 Å². The second kappa shape index (κ2) is 6.56. The first-order chi connectivity index (χ1) is 10.2. The van der Waals surface area contributed by atoms with E-state index in [1.807, 2.05) is 28.5 Å². The van der Waals surface area contributed by atoms with E-state index >= 15 is 0 Å². The molecule has 0 amide bonds. The molecule has 0 radical (unpaired) electrons. The molecule has 1 aliphatic rings. The Morgan fingerprint density at radius 2 is 2.29 bits per heavy atom. The lowest BCUT2D eigenvalue weighted by Gasteiger charge is -2.22. The summed E-state index contributed by atoms with van der Waals surface area (Å²) in [6, 6.07) is 8.85. The largest absolute Gasteiger partial charge is 0.389 e. The van der Waals surface area contributed by atoms with Crippen LogP contribution in [0.4, 0.5) is 10.1 Å². The van der Waals surface area contributed by atoms with Crippen LogP contribution in [-0.2, 0) is 17.8 Å². The highest BCUT2D eigenvalue weighted by Crippen LogP contribution is 2.28. The Hall–Kier alpha value is -1.43. The number of β-amino-alcohol motifs (C(OH)–C–C–N with tert-alkyl or cyclic N) is 1. The molecule has 0 saturated heterocycles. The fourth-order valence-electron chi connectivity index (χ4n) is 2.61. The number of anilines is 1. The zero-order valence-corrected chi connectivity index (χ0v) is 12.5. The Balaban J connectivity index is 1.50. The second-order valence-corrected chi connectivity index (χ2v) is 6.25. The van der Waals surface area contributed by atoms with Crippen LogP contribution in [0, 0.1) is 5.82 Å². The summed E-state index contributed by atoms with van der Waals surface area (Å²) in [5.74, 6) is -0.232. The van der Waals surface area contributed by atoms with Crippen molar-refractivity contribution in [2.45, 2.75) is 19.1 Å². The standard InChI is InChI=1S/C16H18FNO2S/c17-13-4-3-12-5-6-18(16(12)8-13)9-14(19)10-20-11-15-2-1-7-21-15/h1-4,7-8,14,19H,5-6,9-11H2. The van der Waals surface area contributed by atoms with E-state index in [4.69, 9.17) is 4.74 Å². The van der Waals surface area contributed by atoms with Gasteiger partial charge in [0.15, 0.2) is 0 Å². The Bertz CT molecular complexity index is 588. The van der Waals surface area contributed by atoms with Crippen LogP contribution in [0.3, 0.4) is 0 Å². The van der Waals surface area contributed by atoms with Crippen LogP contribution >= 0.6 is 11.3 Å². The van der Waals surface area contributed by atoms with Crippen LogP contribution in [-0.4, -0.2) is 30.9 Å². The molecule has 0 spiro atoms. The first-order valence-corrected chi connectivity index (χ1v) is 7.92. The predicted molar refractivity (Wildman–Crippen MR) is 82.3 cm³/mol. The highest BCUT2D eigenvalue weighted by Gasteiger charge is 2.21. The number of nitrogens with zero attached hydrogens (tertiary/aromatic N) is 1. The number of fused-ring (bicyclic) bond motifs is 1. The minimum Gasteiger partial charge on any atom is -0.389 e. The molecule has 0 bridgehead atoms. The summed E-state index contributed by atoms with van der Waals surface area (Å²) in [5, 5.41) is 12.1. The number of hydrogen-bond acceptors (Lipinski definition) is 4. The van der Waals surface area contributed by atoms with E-state index in [2.05, 4.69) is 0 Å². The van der Waals surface area contributed by atoms with Crippen LogP contribution in [0.15, 0.2) is 35.7 Å². The Morgan fingerprint density at radius 3 is 3.10 bits per heavy atom. The summed E-state index contributed by atoms with van der Waals surface area (Å²) in [6.07, 6.45) is 0.331. The van der Waals surface area contributed by atoms with E-state index < -0.39 is 6.10 Å². The molecule has 3 nitrogen and oxygen atoms in total. The van der Waals surface area contributed by atoms with Crippen molar-refractivity contribution in [3.8, 4) is 0 Å². The fraction of sp³-hybridized carbons (Fsp3) is 0.375. The third-order valence-corrected chi connectivity index (χ3v) is 4.45. The zero-order valence-electron chi connectivity index (χ0n) is 11.7. The summed E-state index contributed by atoms with van der Waals surface area (Å²) in [7, 11) is 0. The second-order valence-electron chi connectivity index (χ2n) is 5.22. The molecule has 1 atom stereocenters. The minimum absolute atomic E-state index is 0.232. The number of hydrogen-bond donors (Lipinski definition) is 1. The molecule has 21 heavy (non-hydrogen) atoms. The maximum absolute atomic E-state index is 13.3. The fourth-order valence-corrected chi connectivity index (χ4v) is 3.25. The Morgan fingerprint density at radius 1 is 1.38 bits per heavy atom. The van der Waals surface area contributed by atoms with Gasteiger partial charge in [-0.3, -0.25) is 0 Å². The molecule has 112 valence electrons. The number of aliphatic hydroxyl groups is 1. The van der Waals surface area contributed by atoms with Crippen LogP contribution in [0.1, 0.15) is 10.4 Å². The van der Waals surface area contributed by atoms with Gasteiger partial charge in [-0.1, -0.05) is 12.1 Å². The quantitative estimate of drug-likeness (QED) is 0.891. The van der Waals surface area contributed by atoms with E-state index in [1.165, 1.54) is 6.07 Å². The van der Waals surface area contributed by atoms with Crippen molar-refractivity contribution in [3.63, 3.8) is 0 Å². The van der Waals surface area contributed by atoms with Crippen LogP contribution in [0.25, 0.3) is 0 Å². The molecule has 1 unspecified atom stereocenters. The lowest BCUT2D eigenvalue weighted by Crippen LogP contribution is -2.33. The molecule has 0 aliphatic carbocycles. The maximum Gasteiger partial charge on any atom is 0.125 e. The van der Waals surface area contributed by atoms with E-state index in [0.717, 1.165) is 29.1 Å². The Labute approximate surface area is 127 Å². The van der Waals surface area contributed by atoms with Gasteiger partial charge in [-0.05, 0) is 35.6 Å². The molecule has 2 heterocycles. The first kappa shape index (κ1) is 14.5. The first-order valence-electron chi connectivity index (χ1n) is 7.04. The van der Waals surface area contributed by atoms with Gasteiger partial charge in [0.1, 0.15) is 5.82 Å². The number of aliphatic hydroxyl groups excluding tert-OH is 1. The average molecular weight is 307 g/mol. The maximum atomic E-state index is 13.3. The van der Waals surface area contributed by atoms with Gasteiger partial charge in [0.2, 0.25) is 0 Å². The lowest BCUT2D eigenvalue weighted by atomic mass is 10.2. The normalized spacial score (nSPS) is 15.2. The molecule has 1 aromatic carbocycles. The summed E-state index contributed by atoms with van der Waals surface area (Å²) in [5.41, 5.74) is 2.04.